The fourth-order valence-corrected chi connectivity index (χ4v) is 2.13. The standard InChI is InChI=1S/C14H11N3O3/c1-8-6-9(17(19)20)7-10(13(8)18)14-15-11-4-2-3-5-12(11)16-14/h2-7,18H,1H3,(H,15,16). The van der Waals surface area contributed by atoms with E-state index in [1.54, 1.807) is 6.92 Å². The highest BCUT2D eigenvalue weighted by atomic mass is 16.6. The summed E-state index contributed by atoms with van der Waals surface area (Å²) in [4.78, 5) is 17.8. The number of rotatable bonds is 2. The zero-order valence-corrected chi connectivity index (χ0v) is 10.6. The third-order valence-corrected chi connectivity index (χ3v) is 3.14. The Labute approximate surface area is 113 Å². The number of nitro benzene ring substituents is 1. The van der Waals surface area contributed by atoms with Crippen molar-refractivity contribution in [2.45, 2.75) is 6.92 Å². The summed E-state index contributed by atoms with van der Waals surface area (Å²) in [5.74, 6) is 0.408. The van der Waals surface area contributed by atoms with Crippen LogP contribution >= 0.6 is 0 Å². The number of fused-ring (bicyclic) bond motifs is 1. The number of phenolic OH excluding ortho intramolecular Hbond substituents is 1. The third kappa shape index (κ3) is 1.87. The predicted octanol–water partition coefficient (Wildman–Crippen LogP) is 3.15. The highest BCUT2D eigenvalue weighted by Gasteiger charge is 2.17. The number of aromatic nitrogens is 2. The van der Waals surface area contributed by atoms with Crippen molar-refractivity contribution in [3.8, 4) is 17.1 Å². The van der Waals surface area contributed by atoms with Gasteiger partial charge in [-0.3, -0.25) is 10.1 Å². The van der Waals surface area contributed by atoms with Gasteiger partial charge in [0, 0.05) is 12.1 Å². The maximum atomic E-state index is 10.9. The van der Waals surface area contributed by atoms with Crippen molar-refractivity contribution >= 4 is 16.7 Å². The van der Waals surface area contributed by atoms with Crippen LogP contribution in [-0.4, -0.2) is 20.0 Å². The Bertz CT molecular complexity index is 791. The molecule has 3 rings (SSSR count). The number of aryl methyl sites for hydroxylation is 1. The summed E-state index contributed by atoms with van der Waals surface area (Å²) in [5.41, 5.74) is 2.25. The zero-order chi connectivity index (χ0) is 14.3. The number of non-ortho nitro benzene ring substituents is 1. The first-order valence-corrected chi connectivity index (χ1v) is 5.99. The van der Waals surface area contributed by atoms with E-state index in [0.717, 1.165) is 11.0 Å². The highest BCUT2D eigenvalue weighted by molar-refractivity contribution is 5.81. The van der Waals surface area contributed by atoms with Crippen molar-refractivity contribution in [2.24, 2.45) is 0 Å². The molecule has 0 saturated carbocycles. The van der Waals surface area contributed by atoms with Gasteiger partial charge in [-0.15, -0.1) is 0 Å². The molecule has 2 N–H and O–H groups in total. The van der Waals surface area contributed by atoms with Crippen LogP contribution in [0.4, 0.5) is 5.69 Å². The van der Waals surface area contributed by atoms with Gasteiger partial charge in [0.15, 0.2) is 0 Å². The van der Waals surface area contributed by atoms with Crippen LogP contribution in [0.5, 0.6) is 5.75 Å². The first-order chi connectivity index (χ1) is 9.56. The summed E-state index contributed by atoms with van der Waals surface area (Å²) >= 11 is 0. The summed E-state index contributed by atoms with van der Waals surface area (Å²) in [6.45, 7) is 1.62. The number of nitrogens with one attached hydrogen (secondary N) is 1. The molecule has 0 fully saturated rings. The van der Waals surface area contributed by atoms with Crippen LogP contribution in [0.15, 0.2) is 36.4 Å². The summed E-state index contributed by atoms with van der Waals surface area (Å²) in [6.07, 6.45) is 0. The first-order valence-electron chi connectivity index (χ1n) is 5.99. The number of benzene rings is 2. The van der Waals surface area contributed by atoms with Gasteiger partial charge in [0.2, 0.25) is 0 Å². The Balaban J connectivity index is 2.24. The monoisotopic (exact) mass is 269 g/mol. The second kappa shape index (κ2) is 4.34. The maximum absolute atomic E-state index is 10.9. The molecule has 100 valence electrons. The summed E-state index contributed by atoms with van der Waals surface area (Å²) in [5, 5.41) is 21.0. The number of phenols is 1. The van der Waals surface area contributed by atoms with E-state index in [9.17, 15) is 15.2 Å². The minimum atomic E-state index is -0.488. The lowest BCUT2D eigenvalue weighted by Crippen LogP contribution is -1.92. The number of nitrogens with zero attached hydrogens (tertiary/aromatic N) is 2. The normalized spacial score (nSPS) is 10.8. The molecule has 3 aromatic rings. The molecule has 0 spiro atoms. The molecule has 20 heavy (non-hydrogen) atoms. The smallest absolute Gasteiger partial charge is 0.270 e. The fraction of sp³-hybridized carbons (Fsp3) is 0.0714. The van der Waals surface area contributed by atoms with E-state index >= 15 is 0 Å². The molecule has 1 aromatic heterocycles. The van der Waals surface area contributed by atoms with Crippen molar-refractivity contribution in [1.29, 1.82) is 0 Å². The molecule has 0 aliphatic heterocycles. The number of nitro groups is 1. The van der Waals surface area contributed by atoms with Crippen LogP contribution in [0.2, 0.25) is 0 Å². The number of aromatic amines is 1. The minimum absolute atomic E-state index is 0.00495. The van der Waals surface area contributed by atoms with Crippen LogP contribution in [0.25, 0.3) is 22.4 Å². The van der Waals surface area contributed by atoms with Crippen molar-refractivity contribution in [3.63, 3.8) is 0 Å². The second-order valence-corrected chi connectivity index (χ2v) is 4.52. The summed E-state index contributed by atoms with van der Waals surface area (Å²) in [7, 11) is 0. The lowest BCUT2D eigenvalue weighted by atomic mass is 10.1. The maximum Gasteiger partial charge on any atom is 0.270 e. The third-order valence-electron chi connectivity index (χ3n) is 3.14. The molecule has 0 unspecified atom stereocenters. The molecule has 0 aliphatic rings. The number of H-pyrrole nitrogens is 1. The van der Waals surface area contributed by atoms with Crippen LogP contribution in [0.1, 0.15) is 5.56 Å². The number of imidazole rings is 1. The van der Waals surface area contributed by atoms with Gasteiger partial charge in [0.25, 0.3) is 5.69 Å². The Morgan fingerprint density at radius 2 is 2.05 bits per heavy atom. The number of para-hydroxylation sites is 2. The highest BCUT2D eigenvalue weighted by Crippen LogP contribution is 2.34. The van der Waals surface area contributed by atoms with E-state index in [4.69, 9.17) is 0 Å². The van der Waals surface area contributed by atoms with E-state index in [1.165, 1.54) is 12.1 Å². The number of aromatic hydroxyl groups is 1. The molecule has 0 bridgehead atoms. The van der Waals surface area contributed by atoms with Gasteiger partial charge < -0.3 is 10.1 Å². The Morgan fingerprint density at radius 3 is 2.75 bits per heavy atom. The van der Waals surface area contributed by atoms with Gasteiger partial charge in [0.1, 0.15) is 11.6 Å². The molecular weight excluding hydrogens is 258 g/mol. The zero-order valence-electron chi connectivity index (χ0n) is 10.6. The molecule has 0 amide bonds. The largest absolute Gasteiger partial charge is 0.507 e. The summed E-state index contributed by atoms with van der Waals surface area (Å²) < 4.78 is 0. The van der Waals surface area contributed by atoms with Crippen molar-refractivity contribution in [3.05, 3.63) is 52.1 Å². The van der Waals surface area contributed by atoms with Gasteiger partial charge in [-0.05, 0) is 24.6 Å². The Hall–Kier alpha value is -2.89. The lowest BCUT2D eigenvalue weighted by Gasteiger charge is -2.04. The second-order valence-electron chi connectivity index (χ2n) is 4.52. The molecular formula is C14H11N3O3. The number of hydrogen-bond acceptors (Lipinski definition) is 4. The fourth-order valence-electron chi connectivity index (χ4n) is 2.13. The topological polar surface area (TPSA) is 92.0 Å². The van der Waals surface area contributed by atoms with Gasteiger partial charge >= 0.3 is 0 Å². The Morgan fingerprint density at radius 1 is 1.30 bits per heavy atom. The van der Waals surface area contributed by atoms with Gasteiger partial charge in [-0.25, -0.2) is 4.98 Å². The predicted molar refractivity (Wildman–Crippen MR) is 74.6 cm³/mol. The van der Waals surface area contributed by atoms with Crippen molar-refractivity contribution in [1.82, 2.24) is 9.97 Å². The molecule has 0 atom stereocenters. The lowest BCUT2D eigenvalue weighted by molar-refractivity contribution is -0.384. The van der Waals surface area contributed by atoms with Crippen LogP contribution in [-0.2, 0) is 0 Å². The molecule has 2 aromatic carbocycles. The quantitative estimate of drug-likeness (QED) is 0.552. The molecule has 1 heterocycles. The average Bonchev–Trinajstić information content (AvgIpc) is 2.84. The van der Waals surface area contributed by atoms with Gasteiger partial charge in [0.05, 0.1) is 21.5 Å². The van der Waals surface area contributed by atoms with Crippen molar-refractivity contribution < 1.29 is 10.0 Å². The number of hydrogen-bond donors (Lipinski definition) is 2. The molecule has 0 aliphatic carbocycles. The summed E-state index contributed by atoms with van der Waals surface area (Å²) in [6, 6.07) is 10.1. The Kier molecular flexibility index (Phi) is 2.64. The molecule has 0 saturated heterocycles. The van der Waals surface area contributed by atoms with E-state index in [0.29, 0.717) is 17.0 Å². The van der Waals surface area contributed by atoms with Crippen LogP contribution in [0.3, 0.4) is 0 Å². The van der Waals surface area contributed by atoms with Crippen molar-refractivity contribution in [2.75, 3.05) is 0 Å². The molecule has 6 heteroatoms. The van der Waals surface area contributed by atoms with Gasteiger partial charge in [-0.1, -0.05) is 12.1 Å². The van der Waals surface area contributed by atoms with E-state index in [-0.39, 0.29) is 11.4 Å². The molecule has 0 radical (unpaired) electrons. The molecule has 6 nitrogen and oxygen atoms in total. The van der Waals surface area contributed by atoms with Gasteiger partial charge in [-0.2, -0.15) is 0 Å². The first kappa shape index (κ1) is 12.2. The minimum Gasteiger partial charge on any atom is -0.507 e. The van der Waals surface area contributed by atoms with E-state index < -0.39 is 4.92 Å². The SMILES string of the molecule is Cc1cc([N+](=O)[O-])cc(-c2nc3ccccc3[nH]2)c1O. The van der Waals surface area contributed by atoms with Crippen LogP contribution in [0, 0.1) is 17.0 Å². The van der Waals surface area contributed by atoms with E-state index in [2.05, 4.69) is 9.97 Å². The van der Waals surface area contributed by atoms with Crippen LogP contribution < -0.4 is 0 Å². The average molecular weight is 269 g/mol. The van der Waals surface area contributed by atoms with E-state index in [1.807, 2.05) is 24.3 Å².